The zero-order chi connectivity index (χ0) is 20.4. The molecule has 2 atom stereocenters. The highest BCUT2D eigenvalue weighted by atomic mass is 16.5. The topological polar surface area (TPSA) is 48.6 Å². The average molecular weight is 392 g/mol. The number of aromatic amines is 1. The average Bonchev–Trinajstić information content (AvgIpc) is 3.13. The second-order valence-electron chi connectivity index (χ2n) is 8.12. The Morgan fingerprint density at radius 1 is 1.07 bits per heavy atom. The van der Waals surface area contributed by atoms with Gasteiger partial charge in [-0.15, -0.1) is 0 Å². The van der Waals surface area contributed by atoms with E-state index in [4.69, 9.17) is 4.74 Å². The number of carbonyl (C=O) groups excluding carboxylic acids is 1. The SMILES string of the molecule is COC(=O)c1ccc2c(CN3C[C@@H](C)N(Cc4ccccc4)[C@@H](C)C3)c[nH]c2c1. The monoisotopic (exact) mass is 391 g/mol. The van der Waals surface area contributed by atoms with Crippen LogP contribution in [0, 0.1) is 0 Å². The summed E-state index contributed by atoms with van der Waals surface area (Å²) in [4.78, 5) is 20.2. The maximum absolute atomic E-state index is 11.8. The Hall–Kier alpha value is -2.63. The van der Waals surface area contributed by atoms with Crippen LogP contribution in [-0.4, -0.2) is 53.0 Å². The van der Waals surface area contributed by atoms with E-state index >= 15 is 0 Å². The first-order chi connectivity index (χ1) is 14.0. The third kappa shape index (κ3) is 4.21. The molecule has 2 heterocycles. The standard InChI is InChI=1S/C24H29N3O2/c1-17-13-26(14-18(2)27(17)15-19-7-5-4-6-8-19)16-21-12-25-23-11-20(24(28)29-3)9-10-22(21)23/h4-12,17-18,25H,13-16H2,1-3H3/t17-,18+. The van der Waals surface area contributed by atoms with Gasteiger partial charge in [0, 0.05) is 55.4 Å². The van der Waals surface area contributed by atoms with Crippen molar-refractivity contribution < 1.29 is 9.53 Å². The molecule has 0 radical (unpaired) electrons. The Morgan fingerprint density at radius 2 is 1.79 bits per heavy atom. The van der Waals surface area contributed by atoms with E-state index in [1.165, 1.54) is 23.6 Å². The van der Waals surface area contributed by atoms with E-state index in [0.717, 1.165) is 31.7 Å². The van der Waals surface area contributed by atoms with Gasteiger partial charge in [0.25, 0.3) is 0 Å². The van der Waals surface area contributed by atoms with Crippen molar-refractivity contribution >= 4 is 16.9 Å². The summed E-state index contributed by atoms with van der Waals surface area (Å²) in [6.45, 7) is 8.65. The van der Waals surface area contributed by atoms with Gasteiger partial charge in [0.2, 0.25) is 0 Å². The third-order valence-corrected chi connectivity index (χ3v) is 5.97. The highest BCUT2D eigenvalue weighted by Crippen LogP contribution is 2.25. The summed E-state index contributed by atoms with van der Waals surface area (Å²) in [6, 6.07) is 17.4. The fourth-order valence-corrected chi connectivity index (χ4v) is 4.50. The van der Waals surface area contributed by atoms with Gasteiger partial charge in [-0.1, -0.05) is 36.4 Å². The van der Waals surface area contributed by atoms with E-state index in [9.17, 15) is 4.79 Å². The molecule has 1 aliphatic heterocycles. The first-order valence-corrected chi connectivity index (χ1v) is 10.3. The van der Waals surface area contributed by atoms with Crippen LogP contribution < -0.4 is 0 Å². The van der Waals surface area contributed by atoms with Crippen molar-refractivity contribution in [1.29, 1.82) is 0 Å². The number of fused-ring (bicyclic) bond motifs is 1. The minimum Gasteiger partial charge on any atom is -0.465 e. The number of hydrogen-bond acceptors (Lipinski definition) is 4. The van der Waals surface area contributed by atoms with Gasteiger partial charge in [-0.3, -0.25) is 9.80 Å². The van der Waals surface area contributed by atoms with Crippen LogP contribution in [0.5, 0.6) is 0 Å². The lowest BCUT2D eigenvalue weighted by atomic mass is 10.0. The fourth-order valence-electron chi connectivity index (χ4n) is 4.50. The molecule has 0 aliphatic carbocycles. The lowest BCUT2D eigenvalue weighted by molar-refractivity contribution is 0.0292. The number of rotatable bonds is 5. The summed E-state index contributed by atoms with van der Waals surface area (Å²) in [5.41, 5.74) is 4.20. The Morgan fingerprint density at radius 3 is 2.48 bits per heavy atom. The molecule has 1 aromatic heterocycles. The molecule has 2 aromatic carbocycles. The summed E-state index contributed by atoms with van der Waals surface area (Å²) in [7, 11) is 1.41. The molecule has 3 aromatic rings. The maximum Gasteiger partial charge on any atom is 0.337 e. The van der Waals surface area contributed by atoms with E-state index < -0.39 is 0 Å². The summed E-state index contributed by atoms with van der Waals surface area (Å²) < 4.78 is 4.82. The van der Waals surface area contributed by atoms with Crippen LogP contribution in [0.15, 0.2) is 54.7 Å². The van der Waals surface area contributed by atoms with E-state index in [-0.39, 0.29) is 5.97 Å². The number of carbonyl (C=O) groups is 1. The smallest absolute Gasteiger partial charge is 0.337 e. The highest BCUT2D eigenvalue weighted by Gasteiger charge is 2.29. The molecule has 0 amide bonds. The normalized spacial score (nSPS) is 20.8. The molecule has 152 valence electrons. The Bertz CT molecular complexity index is 970. The first-order valence-electron chi connectivity index (χ1n) is 10.3. The molecule has 29 heavy (non-hydrogen) atoms. The highest BCUT2D eigenvalue weighted by molar-refractivity contribution is 5.95. The number of esters is 1. The van der Waals surface area contributed by atoms with Gasteiger partial charge in [0.1, 0.15) is 0 Å². The van der Waals surface area contributed by atoms with Crippen molar-refractivity contribution in [2.45, 2.75) is 39.0 Å². The van der Waals surface area contributed by atoms with Crippen LogP contribution >= 0.6 is 0 Å². The molecule has 1 saturated heterocycles. The first kappa shape index (κ1) is 19.7. The zero-order valence-electron chi connectivity index (χ0n) is 17.4. The molecule has 0 spiro atoms. The van der Waals surface area contributed by atoms with Gasteiger partial charge < -0.3 is 9.72 Å². The minimum absolute atomic E-state index is 0.305. The van der Waals surface area contributed by atoms with Crippen molar-refractivity contribution in [3.63, 3.8) is 0 Å². The van der Waals surface area contributed by atoms with Crippen molar-refractivity contribution in [2.24, 2.45) is 0 Å². The molecule has 1 aliphatic rings. The van der Waals surface area contributed by atoms with Gasteiger partial charge in [0.15, 0.2) is 0 Å². The van der Waals surface area contributed by atoms with E-state index in [2.05, 4.69) is 65.2 Å². The zero-order valence-corrected chi connectivity index (χ0v) is 17.4. The maximum atomic E-state index is 11.8. The van der Waals surface area contributed by atoms with Gasteiger partial charge in [0.05, 0.1) is 12.7 Å². The minimum atomic E-state index is -0.305. The number of hydrogen-bond donors (Lipinski definition) is 1. The number of benzene rings is 2. The van der Waals surface area contributed by atoms with Gasteiger partial charge in [-0.25, -0.2) is 4.79 Å². The fraction of sp³-hybridized carbons (Fsp3) is 0.375. The molecular formula is C24H29N3O2. The quantitative estimate of drug-likeness (QED) is 0.667. The summed E-state index contributed by atoms with van der Waals surface area (Å²) >= 11 is 0. The molecule has 1 fully saturated rings. The molecule has 0 unspecified atom stereocenters. The number of piperazine rings is 1. The van der Waals surface area contributed by atoms with Crippen molar-refractivity contribution in [2.75, 3.05) is 20.2 Å². The summed E-state index contributed by atoms with van der Waals surface area (Å²) in [5.74, 6) is -0.305. The Kier molecular flexibility index (Phi) is 5.69. The van der Waals surface area contributed by atoms with E-state index in [1.54, 1.807) is 0 Å². The number of nitrogens with one attached hydrogen (secondary N) is 1. The summed E-state index contributed by atoms with van der Waals surface area (Å²) in [5, 5.41) is 1.17. The third-order valence-electron chi connectivity index (χ3n) is 5.97. The van der Waals surface area contributed by atoms with Crippen molar-refractivity contribution in [3.8, 4) is 0 Å². The molecule has 0 bridgehead atoms. The van der Waals surface area contributed by atoms with Crippen LogP contribution in [0.4, 0.5) is 0 Å². The second kappa shape index (κ2) is 8.39. The largest absolute Gasteiger partial charge is 0.465 e. The number of ether oxygens (including phenoxy) is 1. The van der Waals surface area contributed by atoms with E-state index in [0.29, 0.717) is 17.6 Å². The number of H-pyrrole nitrogens is 1. The number of methoxy groups -OCH3 is 1. The molecule has 0 saturated carbocycles. The van der Waals surface area contributed by atoms with Crippen molar-refractivity contribution in [3.05, 3.63) is 71.4 Å². The predicted molar refractivity (Wildman–Crippen MR) is 116 cm³/mol. The number of nitrogens with zero attached hydrogens (tertiary/aromatic N) is 2. The Labute approximate surface area is 172 Å². The van der Waals surface area contributed by atoms with Crippen LogP contribution in [0.1, 0.15) is 35.3 Å². The van der Waals surface area contributed by atoms with Crippen LogP contribution in [0.2, 0.25) is 0 Å². The lowest BCUT2D eigenvalue weighted by Gasteiger charge is -2.44. The van der Waals surface area contributed by atoms with Gasteiger partial charge >= 0.3 is 5.97 Å². The Balaban J connectivity index is 1.45. The molecule has 4 rings (SSSR count). The predicted octanol–water partition coefficient (Wildman–Crippen LogP) is 4.05. The summed E-state index contributed by atoms with van der Waals surface area (Å²) in [6.07, 6.45) is 2.07. The molecule has 5 nitrogen and oxygen atoms in total. The van der Waals surface area contributed by atoms with Crippen LogP contribution in [-0.2, 0) is 17.8 Å². The second-order valence-corrected chi connectivity index (χ2v) is 8.12. The van der Waals surface area contributed by atoms with Crippen molar-refractivity contribution in [1.82, 2.24) is 14.8 Å². The van der Waals surface area contributed by atoms with Gasteiger partial charge in [-0.2, -0.15) is 0 Å². The molecular weight excluding hydrogens is 362 g/mol. The van der Waals surface area contributed by atoms with Crippen LogP contribution in [0.3, 0.4) is 0 Å². The molecule has 1 N–H and O–H groups in total. The van der Waals surface area contributed by atoms with Gasteiger partial charge in [-0.05, 0) is 37.1 Å². The van der Waals surface area contributed by atoms with E-state index in [1.807, 2.05) is 18.2 Å². The van der Waals surface area contributed by atoms with Crippen LogP contribution in [0.25, 0.3) is 10.9 Å². The number of aromatic nitrogens is 1. The lowest BCUT2D eigenvalue weighted by Crippen LogP contribution is -2.55. The molecule has 5 heteroatoms.